The van der Waals surface area contributed by atoms with Crippen LogP contribution in [0.3, 0.4) is 0 Å². The van der Waals surface area contributed by atoms with E-state index in [2.05, 4.69) is 96.3 Å². The quantitative estimate of drug-likeness (QED) is 0.443. The third-order valence-electron chi connectivity index (χ3n) is 3.05. The van der Waals surface area contributed by atoms with Gasteiger partial charge in [0, 0.05) is 29.9 Å². The van der Waals surface area contributed by atoms with E-state index in [1.54, 1.807) is 0 Å². The number of halogens is 3. The first-order valence-electron chi connectivity index (χ1n) is 6.52. The minimum Gasteiger partial charge on any atom is -0.310 e. The Balaban J connectivity index is 2.27. The zero-order valence-electron chi connectivity index (χ0n) is 11.1. The van der Waals surface area contributed by atoms with E-state index in [1.807, 2.05) is 11.3 Å². The molecule has 0 saturated carbocycles. The van der Waals surface area contributed by atoms with E-state index in [0.29, 0.717) is 6.04 Å². The van der Waals surface area contributed by atoms with Crippen LogP contribution in [0.5, 0.6) is 0 Å². The van der Waals surface area contributed by atoms with Crippen molar-refractivity contribution in [2.45, 2.75) is 25.8 Å². The summed E-state index contributed by atoms with van der Waals surface area (Å²) in [4.78, 5) is 1.40. The molecule has 1 unspecified atom stereocenters. The van der Waals surface area contributed by atoms with E-state index >= 15 is 0 Å². The first-order valence-corrected chi connectivity index (χ1v) is 10.1. The predicted octanol–water partition coefficient (Wildman–Crippen LogP) is 6.16. The Morgan fingerprint density at radius 3 is 2.75 bits per heavy atom. The van der Waals surface area contributed by atoms with Gasteiger partial charge in [0.15, 0.2) is 0 Å². The van der Waals surface area contributed by atoms with Gasteiger partial charge in [0.2, 0.25) is 0 Å². The molecule has 2 rings (SSSR count). The fourth-order valence-corrected chi connectivity index (χ4v) is 4.70. The molecule has 5 heteroatoms. The second-order valence-electron chi connectivity index (χ2n) is 4.57. The highest BCUT2D eigenvalue weighted by molar-refractivity contribution is 14.1. The summed E-state index contributed by atoms with van der Waals surface area (Å²) in [6, 6.07) is 8.99. The van der Waals surface area contributed by atoms with Gasteiger partial charge in [0.05, 0.1) is 0 Å². The number of benzene rings is 1. The first kappa shape index (κ1) is 16.9. The van der Waals surface area contributed by atoms with Crippen LogP contribution in [0.1, 0.15) is 29.8 Å². The maximum atomic E-state index is 3.68. The zero-order chi connectivity index (χ0) is 14.5. The van der Waals surface area contributed by atoms with Crippen molar-refractivity contribution in [3.8, 4) is 0 Å². The molecule has 108 valence electrons. The second-order valence-corrected chi connectivity index (χ2v) is 8.50. The summed E-state index contributed by atoms with van der Waals surface area (Å²) in [5.41, 5.74) is 1.37. The summed E-state index contributed by atoms with van der Waals surface area (Å²) in [5.74, 6) is 0. The van der Waals surface area contributed by atoms with Gasteiger partial charge in [-0.05, 0) is 86.7 Å². The van der Waals surface area contributed by atoms with Gasteiger partial charge in [-0.15, -0.1) is 11.3 Å². The van der Waals surface area contributed by atoms with Crippen molar-refractivity contribution in [3.05, 3.63) is 52.6 Å². The van der Waals surface area contributed by atoms with Crippen LogP contribution in [0.25, 0.3) is 0 Å². The normalized spacial score (nSPS) is 12.6. The Morgan fingerprint density at radius 2 is 2.10 bits per heavy atom. The lowest BCUT2D eigenvalue weighted by atomic mass is 10.0. The lowest BCUT2D eigenvalue weighted by molar-refractivity contribution is 0.529. The molecule has 1 nitrogen and oxygen atoms in total. The fraction of sp³-hybridized carbons (Fsp3) is 0.333. The molecule has 0 aliphatic heterocycles. The van der Waals surface area contributed by atoms with Crippen molar-refractivity contribution < 1.29 is 0 Å². The van der Waals surface area contributed by atoms with Crippen molar-refractivity contribution in [3.63, 3.8) is 0 Å². The summed E-state index contributed by atoms with van der Waals surface area (Å²) in [6.45, 7) is 3.24. The molecule has 1 heterocycles. The number of thiophene rings is 1. The van der Waals surface area contributed by atoms with Crippen LogP contribution in [0.15, 0.2) is 38.6 Å². The summed E-state index contributed by atoms with van der Waals surface area (Å²) < 4.78 is 3.67. The monoisotopic (exact) mass is 527 g/mol. The van der Waals surface area contributed by atoms with Gasteiger partial charge in [-0.25, -0.2) is 0 Å². The minimum atomic E-state index is 0.356. The van der Waals surface area contributed by atoms with Crippen molar-refractivity contribution in [2.24, 2.45) is 0 Å². The van der Waals surface area contributed by atoms with E-state index in [0.717, 1.165) is 23.9 Å². The largest absolute Gasteiger partial charge is 0.310 e. The standard InChI is InChI=1S/C15H16Br2INS/c1-2-6-19-14(9-15-12(17)5-7-20-15)11-8-10(16)3-4-13(11)18/h3-5,7-8,14,19H,2,6,9H2,1H3. The van der Waals surface area contributed by atoms with Crippen LogP contribution in [0.4, 0.5) is 0 Å². The molecule has 0 spiro atoms. The first-order chi connectivity index (χ1) is 9.61. The van der Waals surface area contributed by atoms with E-state index in [9.17, 15) is 0 Å². The third-order valence-corrected chi connectivity index (χ3v) is 6.48. The molecule has 0 fully saturated rings. The van der Waals surface area contributed by atoms with E-state index in [4.69, 9.17) is 0 Å². The molecule has 1 aromatic heterocycles. The van der Waals surface area contributed by atoms with Crippen molar-refractivity contribution >= 4 is 65.8 Å². The van der Waals surface area contributed by atoms with Crippen molar-refractivity contribution in [1.82, 2.24) is 5.32 Å². The van der Waals surface area contributed by atoms with Gasteiger partial charge in [-0.3, -0.25) is 0 Å². The molecule has 0 amide bonds. The summed E-state index contributed by atoms with van der Waals surface area (Å²) in [6.07, 6.45) is 2.16. The van der Waals surface area contributed by atoms with Gasteiger partial charge in [0.1, 0.15) is 0 Å². The molecule has 20 heavy (non-hydrogen) atoms. The SMILES string of the molecule is CCCNC(Cc1sccc1Br)c1cc(Br)ccc1I. The maximum Gasteiger partial charge on any atom is 0.0380 e. The maximum absolute atomic E-state index is 3.68. The van der Waals surface area contributed by atoms with Gasteiger partial charge in [0.25, 0.3) is 0 Å². The Morgan fingerprint density at radius 1 is 1.30 bits per heavy atom. The zero-order valence-corrected chi connectivity index (χ0v) is 17.3. The lowest BCUT2D eigenvalue weighted by Gasteiger charge is -2.20. The third kappa shape index (κ3) is 4.53. The number of rotatable bonds is 6. The molecule has 0 saturated heterocycles. The van der Waals surface area contributed by atoms with Crippen LogP contribution >= 0.6 is 65.8 Å². The molecule has 0 aliphatic carbocycles. The summed E-state index contributed by atoms with van der Waals surface area (Å²) >= 11 is 11.5. The topological polar surface area (TPSA) is 12.0 Å². The van der Waals surface area contributed by atoms with Crippen LogP contribution in [-0.2, 0) is 6.42 Å². The molecule has 1 N–H and O–H groups in total. The molecular weight excluding hydrogens is 513 g/mol. The van der Waals surface area contributed by atoms with Crippen LogP contribution in [0, 0.1) is 3.57 Å². The van der Waals surface area contributed by atoms with Crippen LogP contribution in [-0.4, -0.2) is 6.54 Å². The fourth-order valence-electron chi connectivity index (χ4n) is 2.05. The lowest BCUT2D eigenvalue weighted by Crippen LogP contribution is -2.24. The molecule has 1 atom stereocenters. The van der Waals surface area contributed by atoms with E-state index < -0.39 is 0 Å². The highest BCUT2D eigenvalue weighted by Crippen LogP contribution is 2.31. The molecule has 0 radical (unpaired) electrons. The Hall–Kier alpha value is 0.570. The summed E-state index contributed by atoms with van der Waals surface area (Å²) in [5, 5.41) is 5.82. The van der Waals surface area contributed by atoms with Crippen molar-refractivity contribution in [1.29, 1.82) is 0 Å². The molecule has 0 aliphatic rings. The minimum absolute atomic E-state index is 0.356. The average molecular weight is 529 g/mol. The van der Waals surface area contributed by atoms with E-state index in [1.165, 1.54) is 18.5 Å². The molecule has 1 aromatic carbocycles. The van der Waals surface area contributed by atoms with Gasteiger partial charge in [-0.1, -0.05) is 22.9 Å². The average Bonchev–Trinajstić information content (AvgIpc) is 2.83. The highest BCUT2D eigenvalue weighted by Gasteiger charge is 2.17. The smallest absolute Gasteiger partial charge is 0.0380 e. The van der Waals surface area contributed by atoms with Crippen LogP contribution < -0.4 is 5.32 Å². The Bertz CT molecular complexity index is 571. The van der Waals surface area contributed by atoms with Crippen molar-refractivity contribution in [2.75, 3.05) is 6.54 Å². The van der Waals surface area contributed by atoms with Gasteiger partial charge < -0.3 is 5.32 Å². The summed E-state index contributed by atoms with van der Waals surface area (Å²) in [7, 11) is 0. The van der Waals surface area contributed by atoms with E-state index in [-0.39, 0.29) is 0 Å². The second kappa shape index (κ2) is 8.27. The van der Waals surface area contributed by atoms with Gasteiger partial charge in [-0.2, -0.15) is 0 Å². The number of hydrogen-bond donors (Lipinski definition) is 1. The Labute approximate surface area is 155 Å². The predicted molar refractivity (Wildman–Crippen MR) is 104 cm³/mol. The van der Waals surface area contributed by atoms with Crippen LogP contribution in [0.2, 0.25) is 0 Å². The number of nitrogens with one attached hydrogen (secondary N) is 1. The highest BCUT2D eigenvalue weighted by atomic mass is 127. The van der Waals surface area contributed by atoms with Gasteiger partial charge >= 0.3 is 0 Å². The molecule has 0 bridgehead atoms. The molecule has 2 aromatic rings. The molecular formula is C15H16Br2INS. The number of hydrogen-bond acceptors (Lipinski definition) is 2. The Kier molecular flexibility index (Phi) is 7.00.